The van der Waals surface area contributed by atoms with Crippen LogP contribution in [-0.4, -0.2) is 63.4 Å². The van der Waals surface area contributed by atoms with Crippen LogP contribution in [0, 0.1) is 6.92 Å². The van der Waals surface area contributed by atoms with E-state index >= 15 is 0 Å². The van der Waals surface area contributed by atoms with Gasteiger partial charge in [-0.15, -0.1) is 0 Å². The number of aryl methyl sites for hydroxylation is 1. The maximum Gasteiger partial charge on any atom is 0.262 e. The number of benzene rings is 2. The smallest absolute Gasteiger partial charge is 0.262 e. The number of hydrogen-bond acceptors (Lipinski definition) is 5. The van der Waals surface area contributed by atoms with Crippen LogP contribution in [0.2, 0.25) is 0 Å². The highest BCUT2D eigenvalue weighted by atomic mass is 32.2. The lowest BCUT2D eigenvalue weighted by molar-refractivity contribution is -0.118. The zero-order valence-corrected chi connectivity index (χ0v) is 16.9. The van der Waals surface area contributed by atoms with Gasteiger partial charge in [0.1, 0.15) is 5.75 Å². The minimum atomic E-state index is -3.51. The summed E-state index contributed by atoms with van der Waals surface area (Å²) in [6.45, 7) is 4.25. The third kappa shape index (κ3) is 5.09. The van der Waals surface area contributed by atoms with Crippen LogP contribution in [0.5, 0.6) is 5.75 Å². The summed E-state index contributed by atoms with van der Waals surface area (Å²) >= 11 is 0. The van der Waals surface area contributed by atoms with Gasteiger partial charge >= 0.3 is 0 Å². The van der Waals surface area contributed by atoms with E-state index in [2.05, 4.69) is 10.2 Å². The van der Waals surface area contributed by atoms with Crippen molar-refractivity contribution in [2.75, 3.05) is 45.2 Å². The lowest BCUT2D eigenvalue weighted by Gasteiger charge is -2.31. The Bertz CT molecular complexity index is 903. The molecule has 1 N–H and O–H groups in total. The molecule has 0 radical (unpaired) electrons. The van der Waals surface area contributed by atoms with Crippen molar-refractivity contribution in [2.45, 2.75) is 11.8 Å². The quantitative estimate of drug-likeness (QED) is 0.798. The fraction of sp³-hybridized carbons (Fsp3) is 0.350. The predicted molar refractivity (Wildman–Crippen MR) is 108 cm³/mol. The van der Waals surface area contributed by atoms with E-state index < -0.39 is 10.0 Å². The summed E-state index contributed by atoms with van der Waals surface area (Å²) in [7, 11) is -1.54. The Balaban J connectivity index is 1.56. The minimum absolute atomic E-state index is 0.121. The Morgan fingerprint density at radius 3 is 2.21 bits per heavy atom. The Labute approximate surface area is 166 Å². The van der Waals surface area contributed by atoms with Crippen molar-refractivity contribution in [2.24, 2.45) is 0 Å². The van der Waals surface area contributed by atoms with Crippen molar-refractivity contribution in [1.82, 2.24) is 9.21 Å². The molecule has 0 saturated carbocycles. The number of anilines is 1. The first-order valence-corrected chi connectivity index (χ1v) is 10.6. The summed E-state index contributed by atoms with van der Waals surface area (Å²) in [6.07, 6.45) is 0. The van der Waals surface area contributed by atoms with Crippen LogP contribution in [0.15, 0.2) is 53.4 Å². The first-order chi connectivity index (χ1) is 13.3. The van der Waals surface area contributed by atoms with Crippen molar-refractivity contribution in [3.05, 3.63) is 54.1 Å². The number of rotatable bonds is 6. The largest absolute Gasteiger partial charge is 0.484 e. The van der Waals surface area contributed by atoms with Gasteiger partial charge < -0.3 is 15.0 Å². The zero-order valence-electron chi connectivity index (χ0n) is 16.1. The second-order valence-corrected chi connectivity index (χ2v) is 8.82. The van der Waals surface area contributed by atoms with Crippen molar-refractivity contribution in [1.29, 1.82) is 0 Å². The number of hydrogen-bond donors (Lipinski definition) is 1. The van der Waals surface area contributed by atoms with Gasteiger partial charge in [-0.2, -0.15) is 4.31 Å². The molecule has 0 aliphatic carbocycles. The number of carbonyl (C=O) groups excluding carboxylic acids is 1. The highest BCUT2D eigenvalue weighted by Gasteiger charge is 2.27. The second-order valence-electron chi connectivity index (χ2n) is 6.88. The molecule has 0 unspecified atom stereocenters. The van der Waals surface area contributed by atoms with Crippen LogP contribution in [0.4, 0.5) is 5.69 Å². The summed E-state index contributed by atoms with van der Waals surface area (Å²) in [5.74, 6) is 0.310. The summed E-state index contributed by atoms with van der Waals surface area (Å²) in [6, 6.07) is 13.6. The molecule has 1 aliphatic heterocycles. The predicted octanol–water partition coefficient (Wildman–Crippen LogP) is 1.95. The van der Waals surface area contributed by atoms with Crippen LogP contribution in [0.3, 0.4) is 0 Å². The van der Waals surface area contributed by atoms with Crippen LogP contribution in [-0.2, 0) is 14.8 Å². The number of nitrogens with one attached hydrogen (secondary N) is 1. The summed E-state index contributed by atoms with van der Waals surface area (Å²) in [4.78, 5) is 14.4. The van der Waals surface area contributed by atoms with E-state index in [9.17, 15) is 13.2 Å². The van der Waals surface area contributed by atoms with Gasteiger partial charge in [0.25, 0.3) is 5.91 Å². The first-order valence-electron chi connectivity index (χ1n) is 9.13. The third-order valence-corrected chi connectivity index (χ3v) is 6.54. The molecule has 1 saturated heterocycles. The molecule has 0 aromatic heterocycles. The molecule has 1 fully saturated rings. The molecule has 0 atom stereocenters. The molecule has 0 spiro atoms. The standard InChI is InChI=1S/C20H25N3O4S/c1-16-3-7-18(8-4-16)27-15-20(24)21-17-5-9-19(10-6-17)28(25,26)23-13-11-22(2)12-14-23/h3-10H,11-15H2,1-2H3,(H,21,24). The molecule has 1 aliphatic rings. The van der Waals surface area contributed by atoms with E-state index in [1.165, 1.54) is 16.4 Å². The van der Waals surface area contributed by atoms with Gasteiger partial charge in [0.05, 0.1) is 4.90 Å². The summed E-state index contributed by atoms with van der Waals surface area (Å²) in [5, 5.41) is 2.71. The minimum Gasteiger partial charge on any atom is -0.484 e. The molecule has 8 heteroatoms. The van der Waals surface area contributed by atoms with Gasteiger partial charge in [-0.25, -0.2) is 8.42 Å². The topological polar surface area (TPSA) is 78.9 Å². The normalized spacial score (nSPS) is 15.9. The van der Waals surface area contributed by atoms with Crippen molar-refractivity contribution in [3.8, 4) is 5.75 Å². The number of nitrogens with zero attached hydrogens (tertiary/aromatic N) is 2. The molecule has 7 nitrogen and oxygen atoms in total. The van der Waals surface area contributed by atoms with Crippen LogP contribution in [0.1, 0.15) is 5.56 Å². The fourth-order valence-electron chi connectivity index (χ4n) is 2.87. The average molecular weight is 404 g/mol. The average Bonchev–Trinajstić information content (AvgIpc) is 2.68. The lowest BCUT2D eigenvalue weighted by atomic mass is 10.2. The van der Waals surface area contributed by atoms with Gasteiger partial charge in [-0.1, -0.05) is 17.7 Å². The molecular weight excluding hydrogens is 378 g/mol. The number of sulfonamides is 1. The maximum atomic E-state index is 12.7. The van der Waals surface area contributed by atoms with Gasteiger partial charge in [-0.3, -0.25) is 4.79 Å². The van der Waals surface area contributed by atoms with Crippen molar-refractivity contribution >= 4 is 21.6 Å². The second kappa shape index (κ2) is 8.72. The van der Waals surface area contributed by atoms with E-state index in [-0.39, 0.29) is 17.4 Å². The van der Waals surface area contributed by atoms with Crippen molar-refractivity contribution in [3.63, 3.8) is 0 Å². The van der Waals surface area contributed by atoms with Crippen LogP contribution < -0.4 is 10.1 Å². The number of amides is 1. The lowest BCUT2D eigenvalue weighted by Crippen LogP contribution is -2.46. The molecular formula is C20H25N3O4S. The van der Waals surface area contributed by atoms with E-state index in [1.54, 1.807) is 24.3 Å². The van der Waals surface area contributed by atoms with E-state index in [4.69, 9.17) is 4.74 Å². The van der Waals surface area contributed by atoms with Gasteiger partial charge in [0, 0.05) is 31.9 Å². The highest BCUT2D eigenvalue weighted by Crippen LogP contribution is 2.20. The van der Waals surface area contributed by atoms with Crippen LogP contribution in [0.25, 0.3) is 0 Å². The molecule has 1 amide bonds. The monoisotopic (exact) mass is 403 g/mol. The molecule has 2 aromatic carbocycles. The Morgan fingerprint density at radius 2 is 1.61 bits per heavy atom. The van der Waals surface area contributed by atoms with Gasteiger partial charge in [-0.05, 0) is 50.4 Å². The highest BCUT2D eigenvalue weighted by molar-refractivity contribution is 7.89. The molecule has 0 bridgehead atoms. The fourth-order valence-corrected chi connectivity index (χ4v) is 4.29. The Hall–Kier alpha value is -2.42. The Morgan fingerprint density at radius 1 is 1.00 bits per heavy atom. The Kier molecular flexibility index (Phi) is 6.33. The number of piperazine rings is 1. The van der Waals surface area contributed by atoms with Crippen molar-refractivity contribution < 1.29 is 17.9 Å². The molecule has 2 aromatic rings. The summed E-state index contributed by atoms with van der Waals surface area (Å²) in [5.41, 5.74) is 1.64. The molecule has 1 heterocycles. The molecule has 28 heavy (non-hydrogen) atoms. The zero-order chi connectivity index (χ0) is 20.1. The van der Waals surface area contributed by atoms with Gasteiger partial charge in [0.2, 0.25) is 10.0 Å². The van der Waals surface area contributed by atoms with Gasteiger partial charge in [0.15, 0.2) is 6.61 Å². The number of likely N-dealkylation sites (N-methyl/N-ethyl adjacent to an activating group) is 1. The van der Waals surface area contributed by atoms with E-state index in [0.717, 1.165) is 5.56 Å². The van der Waals surface area contributed by atoms with E-state index in [0.29, 0.717) is 37.6 Å². The van der Waals surface area contributed by atoms with Crippen LogP contribution >= 0.6 is 0 Å². The SMILES string of the molecule is Cc1ccc(OCC(=O)Nc2ccc(S(=O)(=O)N3CCN(C)CC3)cc2)cc1. The summed E-state index contributed by atoms with van der Waals surface area (Å²) < 4.78 is 32.4. The molecule has 3 rings (SSSR count). The number of carbonyl (C=O) groups is 1. The first kappa shape index (κ1) is 20.3. The maximum absolute atomic E-state index is 12.7. The third-order valence-electron chi connectivity index (χ3n) is 4.63. The molecule has 150 valence electrons. The number of ether oxygens (including phenoxy) is 1. The van der Waals surface area contributed by atoms with E-state index in [1.807, 2.05) is 26.1 Å².